The van der Waals surface area contributed by atoms with Crippen molar-refractivity contribution < 1.29 is 4.79 Å². The Bertz CT molecular complexity index is 452. The average Bonchev–Trinajstić information content (AvgIpc) is 2.36. The molecule has 0 spiro atoms. The summed E-state index contributed by atoms with van der Waals surface area (Å²) in [6.07, 6.45) is 2.30. The van der Waals surface area contributed by atoms with Crippen LogP contribution in [0.3, 0.4) is 0 Å². The first kappa shape index (κ1) is 14.8. The fourth-order valence-corrected chi connectivity index (χ4v) is 3.21. The van der Waals surface area contributed by atoms with E-state index in [2.05, 4.69) is 33.5 Å². The number of amides is 1. The van der Waals surface area contributed by atoms with Crippen LogP contribution in [0.5, 0.6) is 0 Å². The largest absolute Gasteiger partial charge is 0.351 e. The lowest BCUT2D eigenvalue weighted by Crippen LogP contribution is -2.45. The van der Waals surface area contributed by atoms with Gasteiger partial charge in [-0.1, -0.05) is 34.5 Å². The molecule has 19 heavy (non-hydrogen) atoms. The first-order chi connectivity index (χ1) is 8.98. The average molecular weight is 346 g/mol. The van der Waals surface area contributed by atoms with Gasteiger partial charge in [-0.3, -0.25) is 4.79 Å². The van der Waals surface area contributed by atoms with Crippen LogP contribution in [0, 0.1) is 5.41 Å². The molecule has 0 aromatic heterocycles. The summed E-state index contributed by atoms with van der Waals surface area (Å²) in [5.41, 5.74) is 0.732. The molecule has 1 aromatic carbocycles. The highest BCUT2D eigenvalue weighted by Gasteiger charge is 2.27. The molecule has 1 amide bonds. The Morgan fingerprint density at radius 2 is 2.32 bits per heavy atom. The second-order valence-electron chi connectivity index (χ2n) is 5.43. The predicted molar refractivity (Wildman–Crippen MR) is 81.7 cm³/mol. The molecule has 104 valence electrons. The van der Waals surface area contributed by atoms with E-state index in [-0.39, 0.29) is 11.3 Å². The smallest absolute Gasteiger partial charge is 0.251 e. The highest BCUT2D eigenvalue weighted by Crippen LogP contribution is 2.24. The molecule has 0 bridgehead atoms. The Hall–Kier alpha value is -0.580. The van der Waals surface area contributed by atoms with E-state index in [1.807, 2.05) is 0 Å². The van der Waals surface area contributed by atoms with E-state index in [1.54, 1.807) is 18.2 Å². The van der Waals surface area contributed by atoms with E-state index in [0.717, 1.165) is 30.4 Å². The Kier molecular flexibility index (Phi) is 4.87. The fraction of sp³-hybridized carbons (Fsp3) is 0.500. The number of piperidine rings is 1. The van der Waals surface area contributed by atoms with E-state index in [0.29, 0.717) is 17.1 Å². The maximum absolute atomic E-state index is 12.1. The van der Waals surface area contributed by atoms with Crippen LogP contribution in [0.15, 0.2) is 22.7 Å². The zero-order chi connectivity index (χ0) is 13.9. The van der Waals surface area contributed by atoms with Gasteiger partial charge in [-0.25, -0.2) is 0 Å². The van der Waals surface area contributed by atoms with E-state index >= 15 is 0 Å². The molecule has 5 heteroatoms. The van der Waals surface area contributed by atoms with Crippen molar-refractivity contribution in [2.24, 2.45) is 5.41 Å². The zero-order valence-corrected chi connectivity index (χ0v) is 13.3. The Morgan fingerprint density at radius 3 is 2.95 bits per heavy atom. The van der Waals surface area contributed by atoms with Crippen molar-refractivity contribution in [1.29, 1.82) is 0 Å². The van der Waals surface area contributed by atoms with Gasteiger partial charge in [0.1, 0.15) is 0 Å². The third-order valence-corrected chi connectivity index (χ3v) is 4.16. The molecule has 3 nitrogen and oxygen atoms in total. The third kappa shape index (κ3) is 4.20. The van der Waals surface area contributed by atoms with Crippen molar-refractivity contribution in [3.05, 3.63) is 33.3 Å². The highest BCUT2D eigenvalue weighted by molar-refractivity contribution is 9.10. The summed E-state index contributed by atoms with van der Waals surface area (Å²) >= 11 is 9.30. The van der Waals surface area contributed by atoms with Gasteiger partial charge >= 0.3 is 0 Å². The van der Waals surface area contributed by atoms with E-state index in [4.69, 9.17) is 11.6 Å². The fourth-order valence-electron chi connectivity index (χ4n) is 2.35. The van der Waals surface area contributed by atoms with Gasteiger partial charge in [0.25, 0.3) is 5.91 Å². The Balaban J connectivity index is 1.97. The maximum atomic E-state index is 12.1. The number of hydrogen-bond donors (Lipinski definition) is 2. The lowest BCUT2D eigenvalue weighted by atomic mass is 9.83. The molecule has 2 N–H and O–H groups in total. The third-order valence-electron chi connectivity index (χ3n) is 3.49. The second kappa shape index (κ2) is 6.25. The van der Waals surface area contributed by atoms with Gasteiger partial charge in [0.15, 0.2) is 0 Å². The van der Waals surface area contributed by atoms with Crippen LogP contribution in [0.2, 0.25) is 5.02 Å². The molecular weight excluding hydrogens is 328 g/mol. The summed E-state index contributed by atoms with van der Waals surface area (Å²) in [6.45, 7) is 4.91. The Labute approximate surface area is 127 Å². The number of halogens is 2. The minimum Gasteiger partial charge on any atom is -0.351 e. The van der Waals surface area contributed by atoms with Crippen LogP contribution in [0.1, 0.15) is 30.1 Å². The standard InChI is InChI=1S/C14H18BrClN2O/c1-14(3-2-4-17-8-14)9-18-13(19)10-5-11(15)7-12(16)6-10/h5-7,17H,2-4,8-9H2,1H3,(H,18,19). The quantitative estimate of drug-likeness (QED) is 0.883. The van der Waals surface area contributed by atoms with Crippen molar-refractivity contribution in [3.63, 3.8) is 0 Å². The molecule has 0 radical (unpaired) electrons. The summed E-state index contributed by atoms with van der Waals surface area (Å²) in [5.74, 6) is -0.0741. The molecule has 1 unspecified atom stereocenters. The summed E-state index contributed by atoms with van der Waals surface area (Å²) in [6, 6.07) is 5.23. The number of benzene rings is 1. The van der Waals surface area contributed by atoms with E-state index < -0.39 is 0 Å². The van der Waals surface area contributed by atoms with Crippen LogP contribution in [0.25, 0.3) is 0 Å². The summed E-state index contributed by atoms with van der Waals surface area (Å²) in [5, 5.41) is 6.94. The molecule has 2 rings (SSSR count). The molecule has 1 aliphatic rings. The summed E-state index contributed by atoms with van der Waals surface area (Å²) in [4.78, 5) is 12.1. The van der Waals surface area contributed by atoms with Gasteiger partial charge < -0.3 is 10.6 Å². The van der Waals surface area contributed by atoms with Gasteiger partial charge in [0, 0.05) is 28.1 Å². The van der Waals surface area contributed by atoms with Crippen molar-refractivity contribution >= 4 is 33.4 Å². The number of rotatable bonds is 3. The predicted octanol–water partition coefficient (Wildman–Crippen LogP) is 3.22. The van der Waals surface area contributed by atoms with Crippen molar-refractivity contribution in [2.75, 3.05) is 19.6 Å². The second-order valence-corrected chi connectivity index (χ2v) is 6.78. The van der Waals surface area contributed by atoms with Gasteiger partial charge in [0.2, 0.25) is 0 Å². The van der Waals surface area contributed by atoms with E-state index in [9.17, 15) is 4.79 Å². The number of hydrogen-bond acceptors (Lipinski definition) is 2. The van der Waals surface area contributed by atoms with Gasteiger partial charge in [-0.2, -0.15) is 0 Å². The van der Waals surface area contributed by atoms with Crippen molar-refractivity contribution in [3.8, 4) is 0 Å². The lowest BCUT2D eigenvalue weighted by molar-refractivity contribution is 0.0924. The number of carbonyl (C=O) groups excluding carboxylic acids is 1. The maximum Gasteiger partial charge on any atom is 0.251 e. The van der Waals surface area contributed by atoms with Crippen LogP contribution in [-0.2, 0) is 0 Å². The monoisotopic (exact) mass is 344 g/mol. The van der Waals surface area contributed by atoms with E-state index in [1.165, 1.54) is 0 Å². The molecule has 1 fully saturated rings. The molecular formula is C14H18BrClN2O. The number of nitrogens with one attached hydrogen (secondary N) is 2. The van der Waals surface area contributed by atoms with Crippen LogP contribution in [-0.4, -0.2) is 25.5 Å². The minimum atomic E-state index is -0.0741. The first-order valence-electron chi connectivity index (χ1n) is 6.44. The molecule has 1 heterocycles. The number of carbonyl (C=O) groups is 1. The zero-order valence-electron chi connectivity index (χ0n) is 10.9. The molecule has 1 atom stereocenters. The molecule has 1 saturated heterocycles. The molecule has 0 saturated carbocycles. The Morgan fingerprint density at radius 1 is 1.53 bits per heavy atom. The SMILES string of the molecule is CC1(CNC(=O)c2cc(Cl)cc(Br)c2)CCCNC1. The first-order valence-corrected chi connectivity index (χ1v) is 7.61. The normalized spacial score (nSPS) is 23.1. The van der Waals surface area contributed by atoms with Gasteiger partial charge in [0.05, 0.1) is 0 Å². The topological polar surface area (TPSA) is 41.1 Å². The van der Waals surface area contributed by atoms with Crippen molar-refractivity contribution in [1.82, 2.24) is 10.6 Å². The summed E-state index contributed by atoms with van der Waals surface area (Å²) < 4.78 is 0.815. The molecule has 1 aromatic rings. The van der Waals surface area contributed by atoms with Crippen LogP contribution in [0.4, 0.5) is 0 Å². The van der Waals surface area contributed by atoms with Crippen LogP contribution < -0.4 is 10.6 Å². The lowest BCUT2D eigenvalue weighted by Gasteiger charge is -2.34. The molecule has 0 aliphatic carbocycles. The highest BCUT2D eigenvalue weighted by atomic mass is 79.9. The van der Waals surface area contributed by atoms with Crippen LogP contribution >= 0.6 is 27.5 Å². The minimum absolute atomic E-state index is 0.0741. The van der Waals surface area contributed by atoms with Gasteiger partial charge in [-0.15, -0.1) is 0 Å². The summed E-state index contributed by atoms with van der Waals surface area (Å²) in [7, 11) is 0. The van der Waals surface area contributed by atoms with Crippen molar-refractivity contribution in [2.45, 2.75) is 19.8 Å². The molecule has 1 aliphatic heterocycles. The van der Waals surface area contributed by atoms with Gasteiger partial charge in [-0.05, 0) is 43.0 Å².